The molecule has 0 spiro atoms. The van der Waals surface area contributed by atoms with Crippen molar-refractivity contribution in [2.45, 2.75) is 70.6 Å². The molecule has 38 heavy (non-hydrogen) atoms. The summed E-state index contributed by atoms with van der Waals surface area (Å²) >= 11 is 0. The van der Waals surface area contributed by atoms with Crippen LogP contribution in [-0.2, 0) is 19.5 Å². The van der Waals surface area contributed by atoms with Crippen molar-refractivity contribution < 1.29 is 9.47 Å². The van der Waals surface area contributed by atoms with Crippen molar-refractivity contribution in [1.82, 2.24) is 30.1 Å². The van der Waals surface area contributed by atoms with E-state index in [2.05, 4.69) is 56.6 Å². The highest BCUT2D eigenvalue weighted by Crippen LogP contribution is 2.36. The highest BCUT2D eigenvalue weighted by atomic mass is 16.6. The van der Waals surface area contributed by atoms with E-state index in [1.807, 2.05) is 28.9 Å². The molecule has 1 unspecified atom stereocenters. The van der Waals surface area contributed by atoms with E-state index in [1.165, 1.54) is 18.4 Å². The molecule has 9 heteroatoms. The van der Waals surface area contributed by atoms with Crippen molar-refractivity contribution in [2.24, 2.45) is 0 Å². The average molecular weight is 515 g/mol. The molecule has 2 aliphatic rings. The zero-order valence-electron chi connectivity index (χ0n) is 21.8. The number of pyridine rings is 1. The summed E-state index contributed by atoms with van der Waals surface area (Å²) in [6.07, 6.45) is 6.35. The normalized spacial score (nSPS) is 16.4. The Morgan fingerprint density at radius 2 is 1.84 bits per heavy atom. The molecule has 9 nitrogen and oxygen atoms in total. The molecule has 0 bridgehead atoms. The lowest BCUT2D eigenvalue weighted by Crippen LogP contribution is -2.39. The van der Waals surface area contributed by atoms with Crippen LogP contribution in [0.2, 0.25) is 0 Å². The van der Waals surface area contributed by atoms with Crippen molar-refractivity contribution in [2.75, 3.05) is 13.2 Å². The minimum atomic E-state index is -0.0734. The van der Waals surface area contributed by atoms with Crippen LogP contribution in [0.15, 0.2) is 53.3 Å². The minimum absolute atomic E-state index is 0.0132. The molecule has 1 aliphatic heterocycles. The molecule has 0 radical (unpaired) electrons. The summed E-state index contributed by atoms with van der Waals surface area (Å²) in [5.41, 5.74) is 2.68. The molecule has 2 aromatic carbocycles. The lowest BCUT2D eigenvalue weighted by molar-refractivity contribution is 0.112. The zero-order valence-corrected chi connectivity index (χ0v) is 21.8. The standard InChI is InChI=1S/C29H34N6O3/c1-2-25(28-31-32-33-35(28)13-12-20-8-4-3-5-9-20)34(23-10-6-7-11-23)19-22-16-21-17-26-27(38-15-14-37-26)18-24(21)30-29(22)36/h3-5,8-9,16-18,23,25H,2,6-7,10-15,19H2,1H3,(H,30,36). The molecule has 0 saturated heterocycles. The zero-order chi connectivity index (χ0) is 25.9. The van der Waals surface area contributed by atoms with Crippen LogP contribution in [0.5, 0.6) is 11.5 Å². The second-order valence-electron chi connectivity index (χ2n) is 10.2. The molecule has 1 saturated carbocycles. The third kappa shape index (κ3) is 5.03. The Morgan fingerprint density at radius 1 is 1.08 bits per heavy atom. The van der Waals surface area contributed by atoms with Gasteiger partial charge >= 0.3 is 0 Å². The van der Waals surface area contributed by atoms with Gasteiger partial charge in [-0.15, -0.1) is 5.10 Å². The van der Waals surface area contributed by atoms with Gasteiger partial charge in [0, 0.05) is 36.1 Å². The van der Waals surface area contributed by atoms with E-state index in [4.69, 9.17) is 9.47 Å². The molecule has 4 aromatic rings. The number of hydrogen-bond donors (Lipinski definition) is 1. The first-order valence-corrected chi connectivity index (χ1v) is 13.7. The first-order chi connectivity index (χ1) is 18.7. The van der Waals surface area contributed by atoms with Crippen molar-refractivity contribution in [3.8, 4) is 11.5 Å². The molecular weight excluding hydrogens is 480 g/mol. The highest BCUT2D eigenvalue weighted by molar-refractivity contribution is 5.83. The third-order valence-electron chi connectivity index (χ3n) is 7.83. The molecule has 1 fully saturated rings. The summed E-state index contributed by atoms with van der Waals surface area (Å²) in [4.78, 5) is 18.8. The van der Waals surface area contributed by atoms with Gasteiger partial charge < -0.3 is 14.5 Å². The van der Waals surface area contributed by atoms with Gasteiger partial charge in [-0.2, -0.15) is 0 Å². The van der Waals surface area contributed by atoms with Crippen LogP contribution in [0, 0.1) is 0 Å². The van der Waals surface area contributed by atoms with E-state index in [-0.39, 0.29) is 11.6 Å². The Kier molecular flexibility index (Phi) is 7.09. The van der Waals surface area contributed by atoms with E-state index in [9.17, 15) is 4.79 Å². The van der Waals surface area contributed by atoms with E-state index in [0.717, 1.165) is 53.7 Å². The number of ether oxygens (including phenoxy) is 2. The molecule has 3 heterocycles. The smallest absolute Gasteiger partial charge is 0.252 e. The first kappa shape index (κ1) is 24.6. The Labute approximate surface area is 221 Å². The number of tetrazole rings is 1. The van der Waals surface area contributed by atoms with Crippen LogP contribution in [0.4, 0.5) is 0 Å². The van der Waals surface area contributed by atoms with Crippen LogP contribution in [0.3, 0.4) is 0 Å². The monoisotopic (exact) mass is 514 g/mol. The van der Waals surface area contributed by atoms with Crippen molar-refractivity contribution in [3.05, 3.63) is 75.8 Å². The number of aryl methyl sites for hydroxylation is 2. The largest absolute Gasteiger partial charge is 0.486 e. The SMILES string of the molecule is CCC(c1nnnn1CCc1ccccc1)N(Cc1cc2cc3c(cc2[nH]c1=O)OCCO3)C1CCCC1. The maximum Gasteiger partial charge on any atom is 0.252 e. The Balaban J connectivity index is 1.31. The van der Waals surface area contributed by atoms with Gasteiger partial charge in [-0.3, -0.25) is 9.69 Å². The van der Waals surface area contributed by atoms with Gasteiger partial charge in [0.25, 0.3) is 5.56 Å². The minimum Gasteiger partial charge on any atom is -0.486 e. The fourth-order valence-corrected chi connectivity index (χ4v) is 5.89. The van der Waals surface area contributed by atoms with Crippen LogP contribution in [0.1, 0.15) is 62.0 Å². The Bertz CT molecular complexity index is 1440. The van der Waals surface area contributed by atoms with Crippen LogP contribution in [-0.4, -0.2) is 49.3 Å². The fraction of sp³-hybridized carbons (Fsp3) is 0.448. The predicted molar refractivity (Wildman–Crippen MR) is 144 cm³/mol. The lowest BCUT2D eigenvalue weighted by Gasteiger charge is -2.35. The van der Waals surface area contributed by atoms with Crippen LogP contribution in [0.25, 0.3) is 10.9 Å². The second-order valence-corrected chi connectivity index (χ2v) is 10.2. The summed E-state index contributed by atoms with van der Waals surface area (Å²) in [5, 5.41) is 13.9. The maximum absolute atomic E-state index is 13.3. The quantitative estimate of drug-likeness (QED) is 0.353. The number of nitrogens with one attached hydrogen (secondary N) is 1. The summed E-state index contributed by atoms with van der Waals surface area (Å²) in [5.74, 6) is 2.26. The number of fused-ring (bicyclic) bond motifs is 2. The molecular formula is C29H34N6O3. The third-order valence-corrected chi connectivity index (χ3v) is 7.83. The first-order valence-electron chi connectivity index (χ1n) is 13.7. The number of hydrogen-bond acceptors (Lipinski definition) is 7. The highest BCUT2D eigenvalue weighted by Gasteiger charge is 2.32. The molecule has 1 aliphatic carbocycles. The summed E-state index contributed by atoms with van der Waals surface area (Å²) < 4.78 is 13.4. The molecule has 6 rings (SSSR count). The van der Waals surface area contributed by atoms with Crippen LogP contribution < -0.4 is 15.0 Å². The van der Waals surface area contributed by atoms with Gasteiger partial charge in [0.1, 0.15) is 13.2 Å². The molecule has 2 aromatic heterocycles. The predicted octanol–water partition coefficient (Wildman–Crippen LogP) is 4.42. The Hall–Kier alpha value is -3.72. The van der Waals surface area contributed by atoms with Gasteiger partial charge in [-0.1, -0.05) is 50.1 Å². The second kappa shape index (κ2) is 10.9. The number of benzene rings is 2. The topological polar surface area (TPSA) is 98.2 Å². The van der Waals surface area contributed by atoms with E-state index >= 15 is 0 Å². The summed E-state index contributed by atoms with van der Waals surface area (Å²) in [6, 6.07) is 16.6. The fourth-order valence-electron chi connectivity index (χ4n) is 5.89. The van der Waals surface area contributed by atoms with Crippen molar-refractivity contribution in [3.63, 3.8) is 0 Å². The van der Waals surface area contributed by atoms with E-state index in [1.54, 1.807) is 0 Å². The van der Waals surface area contributed by atoms with E-state index in [0.29, 0.717) is 38.1 Å². The van der Waals surface area contributed by atoms with Crippen LogP contribution >= 0.6 is 0 Å². The van der Waals surface area contributed by atoms with Gasteiger partial charge in [-0.05, 0) is 53.8 Å². The number of aromatic nitrogens is 5. The molecule has 0 amide bonds. The van der Waals surface area contributed by atoms with Gasteiger partial charge in [0.05, 0.1) is 11.6 Å². The molecule has 1 N–H and O–H groups in total. The van der Waals surface area contributed by atoms with Crippen molar-refractivity contribution in [1.29, 1.82) is 0 Å². The number of H-pyrrole nitrogens is 1. The lowest BCUT2D eigenvalue weighted by atomic mass is 10.0. The average Bonchev–Trinajstić information content (AvgIpc) is 3.64. The maximum atomic E-state index is 13.3. The number of rotatable bonds is 9. The number of nitrogens with zero attached hydrogens (tertiary/aromatic N) is 5. The van der Waals surface area contributed by atoms with Gasteiger partial charge in [0.2, 0.25) is 0 Å². The molecule has 198 valence electrons. The Morgan fingerprint density at radius 3 is 2.61 bits per heavy atom. The summed E-state index contributed by atoms with van der Waals surface area (Å²) in [7, 11) is 0. The van der Waals surface area contributed by atoms with Gasteiger partial charge in [-0.25, -0.2) is 4.68 Å². The molecule has 1 atom stereocenters. The summed E-state index contributed by atoms with van der Waals surface area (Å²) in [6.45, 7) is 4.47. The van der Waals surface area contributed by atoms with Crippen molar-refractivity contribution >= 4 is 10.9 Å². The van der Waals surface area contributed by atoms with E-state index < -0.39 is 0 Å². The number of aromatic amines is 1. The van der Waals surface area contributed by atoms with Gasteiger partial charge in [0.15, 0.2) is 17.3 Å².